The van der Waals surface area contributed by atoms with Crippen LogP contribution in [0.2, 0.25) is 0 Å². The summed E-state index contributed by atoms with van der Waals surface area (Å²) in [5.74, 6) is 7.46. The Bertz CT molecular complexity index is 810. The molecule has 1 aliphatic heterocycles. The number of nitrogens with zero attached hydrogens (tertiary/aromatic N) is 4. The summed E-state index contributed by atoms with van der Waals surface area (Å²) in [6.07, 6.45) is 4.74. The van der Waals surface area contributed by atoms with E-state index in [1.165, 1.54) is 40.5 Å². The van der Waals surface area contributed by atoms with Gasteiger partial charge in [0, 0.05) is 30.4 Å². The standard InChI is InChI=1S/C18H24N6OS/c1-12-10-14(6-7-15(12)23-8-2-3-9-23)20-16(25)11-26-18-22-21-17(24(18)19)13-4-5-13/h6-7,10,13H,2-5,8-9,11,19H2,1H3,(H,20,25). The van der Waals surface area contributed by atoms with Crippen molar-refractivity contribution in [3.05, 3.63) is 29.6 Å². The van der Waals surface area contributed by atoms with Gasteiger partial charge in [0.2, 0.25) is 11.1 Å². The zero-order chi connectivity index (χ0) is 18.1. The molecule has 1 saturated carbocycles. The molecule has 2 aromatic rings. The highest BCUT2D eigenvalue weighted by Crippen LogP contribution is 2.39. The molecule has 138 valence electrons. The van der Waals surface area contributed by atoms with Gasteiger partial charge in [0.15, 0.2) is 5.82 Å². The van der Waals surface area contributed by atoms with Gasteiger partial charge in [-0.3, -0.25) is 4.79 Å². The monoisotopic (exact) mass is 372 g/mol. The fraction of sp³-hybridized carbons (Fsp3) is 0.500. The van der Waals surface area contributed by atoms with Crippen molar-refractivity contribution in [1.29, 1.82) is 0 Å². The molecule has 1 aromatic carbocycles. The van der Waals surface area contributed by atoms with Crippen molar-refractivity contribution in [2.24, 2.45) is 0 Å². The Morgan fingerprint density at radius 1 is 1.31 bits per heavy atom. The minimum Gasteiger partial charge on any atom is -0.371 e. The third-order valence-corrected chi connectivity index (χ3v) is 5.84. The first kappa shape index (κ1) is 17.2. The lowest BCUT2D eigenvalue weighted by Gasteiger charge is -2.20. The maximum Gasteiger partial charge on any atom is 0.234 e. The maximum absolute atomic E-state index is 12.3. The summed E-state index contributed by atoms with van der Waals surface area (Å²) in [6, 6.07) is 6.11. The number of hydrogen-bond acceptors (Lipinski definition) is 6. The van der Waals surface area contributed by atoms with Crippen LogP contribution in [0.15, 0.2) is 23.4 Å². The van der Waals surface area contributed by atoms with Crippen molar-refractivity contribution in [3.63, 3.8) is 0 Å². The Kier molecular flexibility index (Phi) is 4.76. The van der Waals surface area contributed by atoms with E-state index in [9.17, 15) is 4.79 Å². The van der Waals surface area contributed by atoms with Crippen LogP contribution >= 0.6 is 11.8 Å². The number of thioether (sulfide) groups is 1. The van der Waals surface area contributed by atoms with Crippen molar-refractivity contribution in [2.75, 3.05) is 34.9 Å². The molecule has 8 heteroatoms. The molecule has 26 heavy (non-hydrogen) atoms. The number of nitrogens with two attached hydrogens (primary N) is 1. The van der Waals surface area contributed by atoms with Crippen molar-refractivity contribution in [3.8, 4) is 0 Å². The minimum absolute atomic E-state index is 0.0701. The second-order valence-corrected chi connectivity index (χ2v) is 7.96. The number of nitrogens with one attached hydrogen (secondary N) is 1. The van der Waals surface area contributed by atoms with E-state index in [0.717, 1.165) is 37.4 Å². The van der Waals surface area contributed by atoms with Gasteiger partial charge in [-0.2, -0.15) is 0 Å². The Morgan fingerprint density at radius 2 is 2.08 bits per heavy atom. The van der Waals surface area contributed by atoms with Crippen LogP contribution in [0.4, 0.5) is 11.4 Å². The van der Waals surface area contributed by atoms with Gasteiger partial charge in [0.05, 0.1) is 5.75 Å². The molecule has 0 unspecified atom stereocenters. The third-order valence-electron chi connectivity index (χ3n) is 4.89. The van der Waals surface area contributed by atoms with Crippen LogP contribution < -0.4 is 16.1 Å². The number of benzene rings is 1. The van der Waals surface area contributed by atoms with Gasteiger partial charge in [-0.05, 0) is 56.4 Å². The van der Waals surface area contributed by atoms with E-state index in [1.807, 2.05) is 12.1 Å². The molecule has 3 N–H and O–H groups in total. The number of amides is 1. The summed E-state index contributed by atoms with van der Waals surface area (Å²) >= 11 is 1.31. The first-order valence-electron chi connectivity index (χ1n) is 9.10. The second-order valence-electron chi connectivity index (χ2n) is 7.02. The number of carbonyl (C=O) groups excluding carboxylic acids is 1. The average Bonchev–Trinajstić information content (AvgIpc) is 3.17. The van der Waals surface area contributed by atoms with Gasteiger partial charge in [-0.25, -0.2) is 4.68 Å². The molecule has 0 spiro atoms. The van der Waals surface area contributed by atoms with E-state index in [-0.39, 0.29) is 11.7 Å². The van der Waals surface area contributed by atoms with Crippen molar-refractivity contribution >= 4 is 29.0 Å². The van der Waals surface area contributed by atoms with E-state index in [2.05, 4.69) is 33.4 Å². The number of aryl methyl sites for hydroxylation is 1. The lowest BCUT2D eigenvalue weighted by Crippen LogP contribution is -2.19. The number of aromatic nitrogens is 3. The first-order chi connectivity index (χ1) is 12.6. The predicted molar refractivity (Wildman–Crippen MR) is 104 cm³/mol. The molecule has 1 aromatic heterocycles. The Labute approximate surface area is 157 Å². The largest absolute Gasteiger partial charge is 0.371 e. The van der Waals surface area contributed by atoms with Crippen LogP contribution in [-0.4, -0.2) is 39.6 Å². The topological polar surface area (TPSA) is 89.1 Å². The molecule has 2 fully saturated rings. The number of rotatable bonds is 6. The van der Waals surface area contributed by atoms with Crippen molar-refractivity contribution < 1.29 is 4.79 Å². The van der Waals surface area contributed by atoms with Crippen LogP contribution in [0.5, 0.6) is 0 Å². The molecule has 4 rings (SSSR count). The highest BCUT2D eigenvalue weighted by Gasteiger charge is 2.30. The summed E-state index contributed by atoms with van der Waals surface area (Å²) in [5, 5.41) is 11.8. The van der Waals surface area contributed by atoms with Gasteiger partial charge in [-0.15, -0.1) is 10.2 Å². The molecule has 2 aliphatic rings. The van der Waals surface area contributed by atoms with Crippen LogP contribution in [0, 0.1) is 6.92 Å². The van der Waals surface area contributed by atoms with Crippen LogP contribution in [0.3, 0.4) is 0 Å². The summed E-state index contributed by atoms with van der Waals surface area (Å²) in [6.45, 7) is 4.33. The molecule has 7 nitrogen and oxygen atoms in total. The summed E-state index contributed by atoms with van der Waals surface area (Å²) < 4.78 is 1.52. The molecular weight excluding hydrogens is 348 g/mol. The minimum atomic E-state index is -0.0701. The predicted octanol–water partition coefficient (Wildman–Crippen LogP) is 2.51. The number of carbonyl (C=O) groups is 1. The van der Waals surface area contributed by atoms with Crippen molar-refractivity contribution in [1.82, 2.24) is 14.9 Å². The van der Waals surface area contributed by atoms with E-state index >= 15 is 0 Å². The fourth-order valence-electron chi connectivity index (χ4n) is 3.38. The Morgan fingerprint density at radius 3 is 2.77 bits per heavy atom. The highest BCUT2D eigenvalue weighted by molar-refractivity contribution is 7.99. The van der Waals surface area contributed by atoms with Gasteiger partial charge < -0.3 is 16.1 Å². The molecule has 1 saturated heterocycles. The molecule has 0 bridgehead atoms. The SMILES string of the molecule is Cc1cc(NC(=O)CSc2nnc(C3CC3)n2N)ccc1N1CCCC1. The quantitative estimate of drug-likeness (QED) is 0.598. The zero-order valence-corrected chi connectivity index (χ0v) is 15.8. The smallest absolute Gasteiger partial charge is 0.234 e. The normalized spacial score (nSPS) is 16.9. The van der Waals surface area contributed by atoms with Gasteiger partial charge in [0.1, 0.15) is 0 Å². The van der Waals surface area contributed by atoms with E-state index in [4.69, 9.17) is 5.84 Å². The van der Waals surface area contributed by atoms with Crippen molar-refractivity contribution in [2.45, 2.75) is 43.7 Å². The van der Waals surface area contributed by atoms with E-state index in [1.54, 1.807) is 0 Å². The zero-order valence-electron chi connectivity index (χ0n) is 14.9. The van der Waals surface area contributed by atoms with Crippen LogP contribution in [-0.2, 0) is 4.79 Å². The highest BCUT2D eigenvalue weighted by atomic mass is 32.2. The Hall–Kier alpha value is -2.22. The first-order valence-corrected chi connectivity index (χ1v) is 10.1. The summed E-state index contributed by atoms with van der Waals surface area (Å²) in [5.41, 5.74) is 3.27. The molecule has 0 radical (unpaired) electrons. The third kappa shape index (κ3) is 3.65. The number of hydrogen-bond donors (Lipinski definition) is 2. The maximum atomic E-state index is 12.3. The lowest BCUT2D eigenvalue weighted by molar-refractivity contribution is -0.113. The number of anilines is 2. The molecule has 2 heterocycles. The Balaban J connectivity index is 1.33. The number of nitrogen functional groups attached to an aromatic ring is 1. The fourth-order valence-corrected chi connectivity index (χ4v) is 4.04. The lowest BCUT2D eigenvalue weighted by atomic mass is 10.1. The van der Waals surface area contributed by atoms with Gasteiger partial charge in [0.25, 0.3) is 0 Å². The molecular formula is C18H24N6OS. The second kappa shape index (κ2) is 7.19. The summed E-state index contributed by atoms with van der Waals surface area (Å²) in [4.78, 5) is 14.7. The molecule has 0 atom stereocenters. The van der Waals surface area contributed by atoms with Crippen LogP contribution in [0.1, 0.15) is 43.0 Å². The van der Waals surface area contributed by atoms with Crippen LogP contribution in [0.25, 0.3) is 0 Å². The average molecular weight is 372 g/mol. The molecule has 1 amide bonds. The van der Waals surface area contributed by atoms with Gasteiger partial charge >= 0.3 is 0 Å². The van der Waals surface area contributed by atoms with E-state index in [0.29, 0.717) is 11.1 Å². The van der Waals surface area contributed by atoms with E-state index < -0.39 is 0 Å². The van der Waals surface area contributed by atoms with Gasteiger partial charge in [-0.1, -0.05) is 11.8 Å². The summed E-state index contributed by atoms with van der Waals surface area (Å²) in [7, 11) is 0. The molecule has 1 aliphatic carbocycles.